The van der Waals surface area contributed by atoms with Gasteiger partial charge < -0.3 is 14.5 Å². The van der Waals surface area contributed by atoms with Gasteiger partial charge in [-0.1, -0.05) is 23.2 Å². The van der Waals surface area contributed by atoms with Gasteiger partial charge in [0.2, 0.25) is 0 Å². The molecular weight excluding hydrogens is 375 g/mol. The zero-order valence-corrected chi connectivity index (χ0v) is 16.1. The standard InChI is InChI=1S/C19H22Cl2N2O3/c1-2-25-18-14(20)10-13(11-15(18)21)19(24)22-12-16(17-6-5-9-26-17)23-7-3-4-8-23/h5-6,9-11,16H,2-4,7-8,12H2,1H3,(H,22,24)/t16-/m1/s1. The Kier molecular flexibility index (Phi) is 6.46. The molecule has 1 fully saturated rings. The predicted molar refractivity (Wildman–Crippen MR) is 102 cm³/mol. The Hall–Kier alpha value is -1.69. The van der Waals surface area contributed by atoms with Crippen molar-refractivity contribution in [3.8, 4) is 5.75 Å². The smallest absolute Gasteiger partial charge is 0.251 e. The Morgan fingerprint density at radius 3 is 2.58 bits per heavy atom. The number of nitrogens with one attached hydrogen (secondary N) is 1. The van der Waals surface area contributed by atoms with E-state index in [-0.39, 0.29) is 11.9 Å². The van der Waals surface area contributed by atoms with E-state index >= 15 is 0 Å². The van der Waals surface area contributed by atoms with Crippen molar-refractivity contribution < 1.29 is 13.9 Å². The predicted octanol–water partition coefficient (Wildman–Crippen LogP) is 4.55. The Morgan fingerprint density at radius 1 is 1.31 bits per heavy atom. The quantitative estimate of drug-likeness (QED) is 0.745. The van der Waals surface area contributed by atoms with Crippen LogP contribution in [0.1, 0.15) is 41.9 Å². The van der Waals surface area contributed by atoms with Crippen molar-refractivity contribution in [2.45, 2.75) is 25.8 Å². The van der Waals surface area contributed by atoms with Crippen molar-refractivity contribution in [2.24, 2.45) is 0 Å². The van der Waals surface area contributed by atoms with Crippen molar-refractivity contribution in [2.75, 3.05) is 26.2 Å². The Bertz CT molecular complexity index is 720. The van der Waals surface area contributed by atoms with Gasteiger partial charge in [-0.3, -0.25) is 9.69 Å². The molecule has 2 heterocycles. The summed E-state index contributed by atoms with van der Waals surface area (Å²) >= 11 is 12.4. The summed E-state index contributed by atoms with van der Waals surface area (Å²) in [5.74, 6) is 1.03. The number of rotatable bonds is 7. The highest BCUT2D eigenvalue weighted by Crippen LogP contribution is 2.34. The third kappa shape index (κ3) is 4.34. The molecule has 1 aromatic carbocycles. The zero-order chi connectivity index (χ0) is 18.5. The number of benzene rings is 1. The van der Waals surface area contributed by atoms with Gasteiger partial charge in [0.15, 0.2) is 5.75 Å². The fraction of sp³-hybridized carbons (Fsp3) is 0.421. The summed E-state index contributed by atoms with van der Waals surface area (Å²) in [6.07, 6.45) is 3.98. The van der Waals surface area contributed by atoms with Gasteiger partial charge in [-0.25, -0.2) is 0 Å². The highest BCUT2D eigenvalue weighted by molar-refractivity contribution is 6.37. The number of carbonyl (C=O) groups excluding carboxylic acids is 1. The highest BCUT2D eigenvalue weighted by atomic mass is 35.5. The first-order valence-electron chi connectivity index (χ1n) is 8.77. The molecule has 1 N–H and O–H groups in total. The number of halogens is 2. The maximum absolute atomic E-state index is 12.6. The third-order valence-corrected chi connectivity index (χ3v) is 5.02. The first-order chi connectivity index (χ1) is 12.6. The second kappa shape index (κ2) is 8.80. The monoisotopic (exact) mass is 396 g/mol. The van der Waals surface area contributed by atoms with Crippen LogP contribution in [-0.2, 0) is 0 Å². The van der Waals surface area contributed by atoms with E-state index in [4.69, 9.17) is 32.4 Å². The van der Waals surface area contributed by atoms with Crippen molar-refractivity contribution >= 4 is 29.1 Å². The second-order valence-corrected chi connectivity index (χ2v) is 7.00. The molecule has 26 heavy (non-hydrogen) atoms. The number of nitrogens with zero attached hydrogens (tertiary/aromatic N) is 1. The van der Waals surface area contributed by atoms with Crippen molar-refractivity contribution in [3.05, 3.63) is 51.9 Å². The lowest BCUT2D eigenvalue weighted by atomic mass is 10.1. The SMILES string of the molecule is CCOc1c(Cl)cc(C(=O)NC[C@H](c2ccco2)N2CCCC2)cc1Cl. The van der Waals surface area contributed by atoms with Crippen LogP contribution in [0.5, 0.6) is 5.75 Å². The number of carbonyl (C=O) groups is 1. The molecular formula is C19H22Cl2N2O3. The van der Waals surface area contributed by atoms with Crippen LogP contribution in [-0.4, -0.2) is 37.0 Å². The molecule has 0 saturated carbocycles. The van der Waals surface area contributed by atoms with Crippen LogP contribution < -0.4 is 10.1 Å². The first kappa shape index (κ1) is 19.1. The minimum absolute atomic E-state index is 0.0186. The minimum Gasteiger partial charge on any atom is -0.491 e. The van der Waals surface area contributed by atoms with Crippen molar-refractivity contribution in [1.29, 1.82) is 0 Å². The van der Waals surface area contributed by atoms with Gasteiger partial charge in [-0.2, -0.15) is 0 Å². The van der Waals surface area contributed by atoms with E-state index in [0.29, 0.717) is 34.5 Å². The Labute approximate surface area is 163 Å². The molecule has 1 aliphatic heterocycles. The average Bonchev–Trinajstić information content (AvgIpc) is 3.32. The van der Waals surface area contributed by atoms with Gasteiger partial charge >= 0.3 is 0 Å². The number of hydrogen-bond donors (Lipinski definition) is 1. The maximum Gasteiger partial charge on any atom is 0.251 e. The van der Waals surface area contributed by atoms with Crippen LogP contribution in [0.2, 0.25) is 10.0 Å². The van der Waals surface area contributed by atoms with Crippen LogP contribution in [0.4, 0.5) is 0 Å². The van der Waals surface area contributed by atoms with Crippen LogP contribution in [0.25, 0.3) is 0 Å². The van der Waals surface area contributed by atoms with Gasteiger partial charge in [0, 0.05) is 12.1 Å². The van der Waals surface area contributed by atoms with Crippen LogP contribution in [0.3, 0.4) is 0 Å². The lowest BCUT2D eigenvalue weighted by molar-refractivity contribution is 0.0933. The van der Waals surface area contributed by atoms with E-state index < -0.39 is 0 Å². The summed E-state index contributed by atoms with van der Waals surface area (Å²) in [4.78, 5) is 14.9. The van der Waals surface area contributed by atoms with Gasteiger partial charge in [-0.15, -0.1) is 0 Å². The fourth-order valence-corrected chi connectivity index (χ4v) is 3.80. The van der Waals surface area contributed by atoms with Gasteiger partial charge in [0.25, 0.3) is 5.91 Å². The molecule has 0 aliphatic carbocycles. The highest BCUT2D eigenvalue weighted by Gasteiger charge is 2.26. The van der Waals surface area contributed by atoms with E-state index in [1.807, 2.05) is 19.1 Å². The summed E-state index contributed by atoms with van der Waals surface area (Å²) in [5, 5.41) is 3.62. The van der Waals surface area contributed by atoms with Crippen LogP contribution in [0.15, 0.2) is 34.9 Å². The number of furan rings is 1. The lowest BCUT2D eigenvalue weighted by Gasteiger charge is -2.26. The summed E-state index contributed by atoms with van der Waals surface area (Å²) in [5.41, 5.74) is 0.406. The number of amides is 1. The van der Waals surface area contributed by atoms with Crippen LogP contribution >= 0.6 is 23.2 Å². The first-order valence-corrected chi connectivity index (χ1v) is 9.53. The molecule has 2 aromatic rings. The van der Waals surface area contributed by atoms with Gasteiger partial charge in [0.05, 0.1) is 29.0 Å². The maximum atomic E-state index is 12.6. The molecule has 1 atom stereocenters. The fourth-order valence-electron chi connectivity index (χ4n) is 3.21. The molecule has 1 saturated heterocycles. The Morgan fingerprint density at radius 2 is 2.00 bits per heavy atom. The molecule has 140 valence electrons. The van der Waals surface area contributed by atoms with E-state index in [1.54, 1.807) is 18.4 Å². The van der Waals surface area contributed by atoms with E-state index in [2.05, 4.69) is 10.2 Å². The molecule has 3 rings (SSSR count). The normalized spacial score (nSPS) is 15.8. The van der Waals surface area contributed by atoms with Gasteiger partial charge in [0.1, 0.15) is 5.76 Å². The molecule has 0 spiro atoms. The Balaban J connectivity index is 1.70. The number of ether oxygens (including phenoxy) is 1. The second-order valence-electron chi connectivity index (χ2n) is 6.19. The molecule has 1 aliphatic rings. The number of likely N-dealkylation sites (tertiary alicyclic amines) is 1. The van der Waals surface area contributed by atoms with Crippen LogP contribution in [0, 0.1) is 0 Å². The largest absolute Gasteiger partial charge is 0.491 e. The summed E-state index contributed by atoms with van der Waals surface area (Å²) < 4.78 is 11.0. The van der Waals surface area contributed by atoms with E-state index in [1.165, 1.54) is 0 Å². The van der Waals surface area contributed by atoms with Crippen molar-refractivity contribution in [3.63, 3.8) is 0 Å². The van der Waals surface area contributed by atoms with Crippen molar-refractivity contribution in [1.82, 2.24) is 10.2 Å². The average molecular weight is 397 g/mol. The van der Waals surface area contributed by atoms with Gasteiger partial charge in [-0.05, 0) is 57.1 Å². The van der Waals surface area contributed by atoms with E-state index in [0.717, 1.165) is 31.7 Å². The van der Waals surface area contributed by atoms with E-state index in [9.17, 15) is 4.79 Å². The molecule has 1 aromatic heterocycles. The zero-order valence-electron chi connectivity index (χ0n) is 14.6. The lowest BCUT2D eigenvalue weighted by Crippen LogP contribution is -2.36. The minimum atomic E-state index is -0.229. The molecule has 5 nitrogen and oxygen atoms in total. The summed E-state index contributed by atoms with van der Waals surface area (Å²) in [6, 6.07) is 6.98. The third-order valence-electron chi connectivity index (χ3n) is 4.46. The summed E-state index contributed by atoms with van der Waals surface area (Å²) in [7, 11) is 0. The molecule has 0 bridgehead atoms. The molecule has 7 heteroatoms. The number of hydrogen-bond acceptors (Lipinski definition) is 4. The molecule has 1 amide bonds. The topological polar surface area (TPSA) is 54.7 Å². The molecule has 0 radical (unpaired) electrons. The molecule has 0 unspecified atom stereocenters. The summed E-state index contributed by atoms with van der Waals surface area (Å²) in [6.45, 7) is 4.75.